The van der Waals surface area contributed by atoms with Crippen molar-refractivity contribution < 1.29 is 14.0 Å². The molecule has 1 aliphatic rings. The molecule has 1 aliphatic heterocycles. The van der Waals surface area contributed by atoms with Crippen molar-refractivity contribution in [2.75, 3.05) is 0 Å². The second-order valence-electron chi connectivity index (χ2n) is 4.52. The summed E-state index contributed by atoms with van der Waals surface area (Å²) in [5, 5.41) is 0. The number of carbonyl (C=O) groups excluding carboxylic acids is 2. The Morgan fingerprint density at radius 3 is 2.15 bits per heavy atom. The molecule has 0 saturated carbocycles. The van der Waals surface area contributed by atoms with Crippen LogP contribution >= 0.6 is 15.9 Å². The molecule has 5 heteroatoms. The van der Waals surface area contributed by atoms with E-state index >= 15 is 0 Å². The van der Waals surface area contributed by atoms with Crippen molar-refractivity contribution >= 4 is 27.7 Å². The average Bonchev–Trinajstić information content (AvgIpc) is 2.64. The molecule has 2 aromatic carbocycles. The summed E-state index contributed by atoms with van der Waals surface area (Å²) in [6.07, 6.45) is 0. The van der Waals surface area contributed by atoms with Crippen LogP contribution in [0.1, 0.15) is 26.3 Å². The number of amides is 2. The van der Waals surface area contributed by atoms with Gasteiger partial charge in [-0.15, -0.1) is 0 Å². The molecule has 0 N–H and O–H groups in total. The summed E-state index contributed by atoms with van der Waals surface area (Å²) in [6, 6.07) is 11.0. The smallest absolute Gasteiger partial charge is 0.261 e. The molecule has 2 aromatic rings. The first kappa shape index (κ1) is 13.0. The molecular weight excluding hydrogens is 325 g/mol. The lowest BCUT2D eigenvalue weighted by molar-refractivity contribution is 0.0642. The van der Waals surface area contributed by atoms with Crippen molar-refractivity contribution in [1.82, 2.24) is 4.90 Å². The normalized spacial score (nSPS) is 13.8. The molecule has 2 amide bonds. The summed E-state index contributed by atoms with van der Waals surface area (Å²) in [5.74, 6) is -1.09. The summed E-state index contributed by atoms with van der Waals surface area (Å²) in [4.78, 5) is 25.5. The van der Waals surface area contributed by atoms with Gasteiger partial charge in [0.2, 0.25) is 0 Å². The number of benzene rings is 2. The van der Waals surface area contributed by atoms with E-state index in [9.17, 15) is 14.0 Å². The van der Waals surface area contributed by atoms with Crippen molar-refractivity contribution in [3.8, 4) is 0 Å². The van der Waals surface area contributed by atoms with Crippen LogP contribution in [0.5, 0.6) is 0 Å². The van der Waals surface area contributed by atoms with E-state index in [1.54, 1.807) is 30.3 Å². The van der Waals surface area contributed by atoms with Gasteiger partial charge in [0.25, 0.3) is 11.8 Å². The van der Waals surface area contributed by atoms with Crippen molar-refractivity contribution in [1.29, 1.82) is 0 Å². The number of imide groups is 1. The van der Waals surface area contributed by atoms with Crippen molar-refractivity contribution in [3.05, 3.63) is 69.4 Å². The maximum absolute atomic E-state index is 13.3. The number of fused-ring (bicyclic) bond motifs is 1. The Bertz CT molecular complexity index is 674. The minimum absolute atomic E-state index is 0.0582. The highest BCUT2D eigenvalue weighted by Crippen LogP contribution is 2.25. The fraction of sp³-hybridized carbons (Fsp3) is 0.0667. The van der Waals surface area contributed by atoms with Crippen LogP contribution in [-0.4, -0.2) is 16.7 Å². The first-order chi connectivity index (χ1) is 9.56. The van der Waals surface area contributed by atoms with Crippen LogP contribution in [0.2, 0.25) is 0 Å². The molecule has 1 heterocycles. The van der Waals surface area contributed by atoms with Gasteiger partial charge in [0.15, 0.2) is 0 Å². The molecule has 3 nitrogen and oxygen atoms in total. The Hall–Kier alpha value is -2.01. The topological polar surface area (TPSA) is 37.4 Å². The van der Waals surface area contributed by atoms with Crippen LogP contribution in [0.15, 0.2) is 46.9 Å². The minimum Gasteiger partial charge on any atom is -0.270 e. The van der Waals surface area contributed by atoms with E-state index in [2.05, 4.69) is 15.9 Å². The molecule has 0 fully saturated rings. The molecule has 0 aromatic heterocycles. The molecule has 20 heavy (non-hydrogen) atoms. The maximum Gasteiger partial charge on any atom is 0.261 e. The second kappa shape index (κ2) is 4.83. The van der Waals surface area contributed by atoms with E-state index in [4.69, 9.17) is 0 Å². The molecule has 0 spiro atoms. The van der Waals surface area contributed by atoms with Gasteiger partial charge in [-0.25, -0.2) is 4.39 Å². The van der Waals surface area contributed by atoms with Gasteiger partial charge in [0.1, 0.15) is 5.82 Å². The van der Waals surface area contributed by atoms with Gasteiger partial charge >= 0.3 is 0 Å². The maximum atomic E-state index is 13.3. The number of hydrogen-bond acceptors (Lipinski definition) is 2. The first-order valence-corrected chi connectivity index (χ1v) is 6.76. The third-order valence-electron chi connectivity index (χ3n) is 3.14. The van der Waals surface area contributed by atoms with Gasteiger partial charge in [0.05, 0.1) is 17.7 Å². The van der Waals surface area contributed by atoms with Gasteiger partial charge < -0.3 is 0 Å². The zero-order valence-corrected chi connectivity index (χ0v) is 11.9. The molecular formula is C15H9BrFNO2. The molecule has 0 bridgehead atoms. The fourth-order valence-electron chi connectivity index (χ4n) is 2.27. The number of nitrogens with zero attached hydrogens (tertiary/aromatic N) is 1. The number of carbonyl (C=O) groups is 2. The Morgan fingerprint density at radius 1 is 1.00 bits per heavy atom. The lowest BCUT2D eigenvalue weighted by atomic mass is 10.1. The van der Waals surface area contributed by atoms with Crippen LogP contribution in [0, 0.1) is 5.82 Å². The third kappa shape index (κ3) is 2.14. The van der Waals surface area contributed by atoms with Crippen molar-refractivity contribution in [2.45, 2.75) is 6.54 Å². The van der Waals surface area contributed by atoms with Crippen LogP contribution in [0.3, 0.4) is 0 Å². The molecule has 0 radical (unpaired) electrons. The zero-order chi connectivity index (χ0) is 14.3. The third-order valence-corrected chi connectivity index (χ3v) is 3.60. The highest BCUT2D eigenvalue weighted by atomic mass is 79.9. The Balaban J connectivity index is 1.93. The van der Waals surface area contributed by atoms with E-state index < -0.39 is 5.82 Å². The molecule has 3 rings (SSSR count). The van der Waals surface area contributed by atoms with E-state index in [1.165, 1.54) is 12.1 Å². The van der Waals surface area contributed by atoms with Crippen molar-refractivity contribution in [2.24, 2.45) is 0 Å². The molecule has 0 saturated heterocycles. The quantitative estimate of drug-likeness (QED) is 0.790. The van der Waals surface area contributed by atoms with Gasteiger partial charge in [0, 0.05) is 4.47 Å². The Labute approximate surface area is 123 Å². The van der Waals surface area contributed by atoms with E-state index in [1.807, 2.05) is 0 Å². The van der Waals surface area contributed by atoms with Crippen LogP contribution in [-0.2, 0) is 6.54 Å². The molecule has 0 unspecified atom stereocenters. The highest BCUT2D eigenvalue weighted by Gasteiger charge is 2.34. The lowest BCUT2D eigenvalue weighted by Gasteiger charge is -2.14. The summed E-state index contributed by atoms with van der Waals surface area (Å²) in [6.45, 7) is 0.0582. The SMILES string of the molecule is O=C1c2ccccc2C(=O)N1Cc1cc(F)cc(Br)c1. The summed E-state index contributed by atoms with van der Waals surface area (Å²) >= 11 is 3.19. The molecule has 0 atom stereocenters. The minimum atomic E-state index is -0.411. The standard InChI is InChI=1S/C15H9BrFNO2/c16-10-5-9(6-11(17)7-10)8-18-14(19)12-3-1-2-4-13(12)15(18)20/h1-7H,8H2. The molecule has 100 valence electrons. The van der Waals surface area contributed by atoms with Gasteiger partial charge in [-0.3, -0.25) is 14.5 Å². The summed E-state index contributed by atoms with van der Waals surface area (Å²) < 4.78 is 13.9. The monoisotopic (exact) mass is 333 g/mol. The lowest BCUT2D eigenvalue weighted by Crippen LogP contribution is -2.29. The van der Waals surface area contributed by atoms with Gasteiger partial charge in [-0.05, 0) is 35.9 Å². The summed E-state index contributed by atoms with van der Waals surface area (Å²) in [7, 11) is 0. The number of rotatable bonds is 2. The van der Waals surface area contributed by atoms with Crippen LogP contribution < -0.4 is 0 Å². The molecule has 0 aliphatic carbocycles. The Kier molecular flexibility index (Phi) is 3.14. The van der Waals surface area contributed by atoms with Crippen LogP contribution in [0.4, 0.5) is 4.39 Å². The first-order valence-electron chi connectivity index (χ1n) is 5.96. The zero-order valence-electron chi connectivity index (χ0n) is 10.3. The average molecular weight is 334 g/mol. The largest absolute Gasteiger partial charge is 0.270 e. The van der Waals surface area contributed by atoms with E-state index in [0.717, 1.165) is 4.90 Å². The van der Waals surface area contributed by atoms with E-state index in [-0.39, 0.29) is 18.4 Å². The van der Waals surface area contributed by atoms with Gasteiger partial charge in [-0.2, -0.15) is 0 Å². The summed E-state index contributed by atoms with van der Waals surface area (Å²) in [5.41, 5.74) is 1.35. The van der Waals surface area contributed by atoms with Gasteiger partial charge in [-0.1, -0.05) is 28.1 Å². The number of hydrogen-bond donors (Lipinski definition) is 0. The van der Waals surface area contributed by atoms with Crippen molar-refractivity contribution in [3.63, 3.8) is 0 Å². The second-order valence-corrected chi connectivity index (χ2v) is 5.44. The fourth-order valence-corrected chi connectivity index (χ4v) is 2.78. The Morgan fingerprint density at radius 2 is 1.60 bits per heavy atom. The number of halogens is 2. The predicted octanol–water partition coefficient (Wildman–Crippen LogP) is 3.38. The van der Waals surface area contributed by atoms with E-state index in [0.29, 0.717) is 21.2 Å². The predicted molar refractivity (Wildman–Crippen MR) is 74.7 cm³/mol. The highest BCUT2D eigenvalue weighted by molar-refractivity contribution is 9.10. The van der Waals surface area contributed by atoms with Crippen LogP contribution in [0.25, 0.3) is 0 Å².